The van der Waals surface area contributed by atoms with Crippen LogP contribution in [0.1, 0.15) is 69.9 Å². The molecule has 1 aliphatic carbocycles. The van der Waals surface area contributed by atoms with Gasteiger partial charge in [0, 0.05) is 6.42 Å². The van der Waals surface area contributed by atoms with Crippen LogP contribution >= 0.6 is 0 Å². The van der Waals surface area contributed by atoms with Crippen molar-refractivity contribution in [2.24, 2.45) is 5.92 Å². The molecule has 0 heterocycles. The summed E-state index contributed by atoms with van der Waals surface area (Å²) < 4.78 is 12.6. The van der Waals surface area contributed by atoms with Gasteiger partial charge in [0.25, 0.3) is 0 Å². The molecule has 0 aromatic heterocycles. The zero-order chi connectivity index (χ0) is 21.0. The van der Waals surface area contributed by atoms with Crippen molar-refractivity contribution in [3.05, 3.63) is 84.0 Å². The lowest BCUT2D eigenvalue weighted by molar-refractivity contribution is -0.102. The number of rotatable bonds is 9. The van der Waals surface area contributed by atoms with Crippen molar-refractivity contribution in [2.75, 3.05) is 0 Å². The standard InChI is InChI=1S/C28H36O2/c1-3-12-25(4-2)26-17-19-27(20-18-26)30-28(21-23-13-8-5-6-9-14-23)29-22-24-15-10-7-11-16-24/h3-4,7,10-12,15-20,23,28H,5-6,8-9,13-14,21-22H2,1-2H3/b12-3-,25-4?. The maximum Gasteiger partial charge on any atom is 0.200 e. The summed E-state index contributed by atoms with van der Waals surface area (Å²) in [5.41, 5.74) is 3.61. The predicted molar refractivity (Wildman–Crippen MR) is 126 cm³/mol. The second-order valence-electron chi connectivity index (χ2n) is 8.21. The molecule has 0 spiro atoms. The lowest BCUT2D eigenvalue weighted by atomic mass is 9.96. The Kier molecular flexibility index (Phi) is 9.24. The normalized spacial score (nSPS) is 17.1. The summed E-state index contributed by atoms with van der Waals surface area (Å²) in [5, 5.41) is 0. The Labute approximate surface area is 182 Å². The first-order chi connectivity index (χ1) is 14.8. The van der Waals surface area contributed by atoms with Gasteiger partial charge in [-0.3, -0.25) is 0 Å². The number of ether oxygens (including phenoxy) is 2. The fourth-order valence-corrected chi connectivity index (χ4v) is 4.20. The van der Waals surface area contributed by atoms with Crippen molar-refractivity contribution < 1.29 is 9.47 Å². The number of benzene rings is 2. The molecule has 0 saturated heterocycles. The lowest BCUT2D eigenvalue weighted by Gasteiger charge is -2.24. The van der Waals surface area contributed by atoms with Crippen molar-refractivity contribution in [3.8, 4) is 5.75 Å². The second kappa shape index (κ2) is 12.4. The number of hydrogen-bond acceptors (Lipinski definition) is 2. The Bertz CT molecular complexity index is 781. The van der Waals surface area contributed by atoms with Gasteiger partial charge >= 0.3 is 0 Å². The van der Waals surface area contributed by atoms with E-state index in [4.69, 9.17) is 9.47 Å². The van der Waals surface area contributed by atoms with Crippen LogP contribution in [0, 0.1) is 5.92 Å². The highest BCUT2D eigenvalue weighted by Crippen LogP contribution is 2.29. The van der Waals surface area contributed by atoms with E-state index < -0.39 is 0 Å². The van der Waals surface area contributed by atoms with E-state index in [-0.39, 0.29) is 6.29 Å². The van der Waals surface area contributed by atoms with Gasteiger partial charge in [-0.05, 0) is 48.6 Å². The van der Waals surface area contributed by atoms with Gasteiger partial charge in [0.1, 0.15) is 5.75 Å². The van der Waals surface area contributed by atoms with Crippen LogP contribution in [0.5, 0.6) is 5.75 Å². The molecule has 1 saturated carbocycles. The summed E-state index contributed by atoms with van der Waals surface area (Å²) >= 11 is 0. The molecule has 2 nitrogen and oxygen atoms in total. The van der Waals surface area contributed by atoms with Gasteiger partial charge in [0.2, 0.25) is 0 Å². The average Bonchev–Trinajstić information content (AvgIpc) is 3.06. The van der Waals surface area contributed by atoms with E-state index in [2.05, 4.69) is 73.7 Å². The highest BCUT2D eigenvalue weighted by atomic mass is 16.7. The van der Waals surface area contributed by atoms with E-state index in [1.54, 1.807) is 0 Å². The Balaban J connectivity index is 1.67. The minimum absolute atomic E-state index is 0.212. The molecule has 160 valence electrons. The Morgan fingerprint density at radius 2 is 1.63 bits per heavy atom. The molecule has 0 N–H and O–H groups in total. The first-order valence-electron chi connectivity index (χ1n) is 11.5. The molecule has 1 aliphatic rings. The van der Waals surface area contributed by atoms with Crippen LogP contribution in [0.2, 0.25) is 0 Å². The topological polar surface area (TPSA) is 18.5 Å². The summed E-state index contributed by atoms with van der Waals surface area (Å²) in [6, 6.07) is 18.8. The van der Waals surface area contributed by atoms with Gasteiger partial charge in [0.05, 0.1) is 6.61 Å². The highest BCUT2D eigenvalue weighted by molar-refractivity contribution is 5.73. The third kappa shape index (κ3) is 7.18. The molecule has 2 aromatic rings. The molecule has 30 heavy (non-hydrogen) atoms. The van der Waals surface area contributed by atoms with Crippen LogP contribution in [0.4, 0.5) is 0 Å². The number of hydrogen-bond donors (Lipinski definition) is 0. The van der Waals surface area contributed by atoms with Crippen LogP contribution in [-0.4, -0.2) is 6.29 Å². The summed E-state index contributed by atoms with van der Waals surface area (Å²) in [4.78, 5) is 0. The molecular formula is C28H36O2. The summed E-state index contributed by atoms with van der Waals surface area (Å²) in [5.74, 6) is 1.57. The Hall–Kier alpha value is -2.32. The first-order valence-corrected chi connectivity index (χ1v) is 11.5. The zero-order valence-electron chi connectivity index (χ0n) is 18.6. The van der Waals surface area contributed by atoms with Crippen molar-refractivity contribution in [3.63, 3.8) is 0 Å². The van der Waals surface area contributed by atoms with Gasteiger partial charge in [-0.1, -0.05) is 99.2 Å². The summed E-state index contributed by atoms with van der Waals surface area (Å²) in [7, 11) is 0. The van der Waals surface area contributed by atoms with Crippen LogP contribution in [0.25, 0.3) is 5.57 Å². The van der Waals surface area contributed by atoms with Gasteiger partial charge in [0.15, 0.2) is 6.29 Å². The maximum absolute atomic E-state index is 6.35. The van der Waals surface area contributed by atoms with Crippen LogP contribution in [-0.2, 0) is 11.3 Å². The summed E-state index contributed by atoms with van der Waals surface area (Å²) in [6.07, 6.45) is 15.1. The van der Waals surface area contributed by atoms with Crippen molar-refractivity contribution in [1.29, 1.82) is 0 Å². The van der Waals surface area contributed by atoms with Crippen LogP contribution in [0.15, 0.2) is 72.8 Å². The minimum Gasteiger partial charge on any atom is -0.465 e. The fourth-order valence-electron chi connectivity index (χ4n) is 4.20. The predicted octanol–water partition coefficient (Wildman–Crippen LogP) is 7.95. The smallest absolute Gasteiger partial charge is 0.200 e. The molecule has 1 unspecified atom stereocenters. The minimum atomic E-state index is -0.212. The van der Waals surface area contributed by atoms with E-state index in [1.807, 2.05) is 13.0 Å². The van der Waals surface area contributed by atoms with Gasteiger partial charge in [-0.25, -0.2) is 0 Å². The second-order valence-corrected chi connectivity index (χ2v) is 8.21. The van der Waals surface area contributed by atoms with Gasteiger partial charge < -0.3 is 9.47 Å². The molecule has 3 rings (SSSR count). The Morgan fingerprint density at radius 1 is 0.933 bits per heavy atom. The van der Waals surface area contributed by atoms with Crippen molar-refractivity contribution >= 4 is 5.57 Å². The van der Waals surface area contributed by atoms with Crippen LogP contribution < -0.4 is 4.74 Å². The van der Waals surface area contributed by atoms with Gasteiger partial charge in [-0.2, -0.15) is 0 Å². The third-order valence-corrected chi connectivity index (χ3v) is 5.89. The fraction of sp³-hybridized carbons (Fsp3) is 0.429. The number of allylic oxidation sites excluding steroid dienone is 4. The Morgan fingerprint density at radius 3 is 2.27 bits per heavy atom. The maximum atomic E-state index is 6.35. The molecular weight excluding hydrogens is 368 g/mol. The lowest BCUT2D eigenvalue weighted by Crippen LogP contribution is -2.24. The van der Waals surface area contributed by atoms with E-state index in [1.165, 1.54) is 55.2 Å². The van der Waals surface area contributed by atoms with E-state index in [0.717, 1.165) is 12.2 Å². The molecule has 0 amide bonds. The molecule has 1 atom stereocenters. The molecule has 1 fully saturated rings. The average molecular weight is 405 g/mol. The highest BCUT2D eigenvalue weighted by Gasteiger charge is 2.20. The van der Waals surface area contributed by atoms with E-state index >= 15 is 0 Å². The summed E-state index contributed by atoms with van der Waals surface area (Å²) in [6.45, 7) is 4.70. The van der Waals surface area contributed by atoms with E-state index in [9.17, 15) is 0 Å². The van der Waals surface area contributed by atoms with Crippen molar-refractivity contribution in [2.45, 2.75) is 71.7 Å². The molecule has 0 radical (unpaired) electrons. The molecule has 2 heteroatoms. The van der Waals surface area contributed by atoms with E-state index in [0.29, 0.717) is 12.5 Å². The molecule has 2 aromatic carbocycles. The SMILES string of the molecule is CC=C(/C=C\C)c1ccc(OC(CC2CCCCCC2)OCc2ccccc2)cc1. The zero-order valence-corrected chi connectivity index (χ0v) is 18.6. The van der Waals surface area contributed by atoms with Crippen LogP contribution in [0.3, 0.4) is 0 Å². The largest absolute Gasteiger partial charge is 0.465 e. The molecule has 0 aliphatic heterocycles. The first kappa shape index (κ1) is 22.4. The monoisotopic (exact) mass is 404 g/mol. The quantitative estimate of drug-likeness (QED) is 0.240. The van der Waals surface area contributed by atoms with Crippen molar-refractivity contribution in [1.82, 2.24) is 0 Å². The third-order valence-electron chi connectivity index (χ3n) is 5.89. The van der Waals surface area contributed by atoms with Gasteiger partial charge in [-0.15, -0.1) is 0 Å². The molecule has 0 bridgehead atoms.